The molecule has 0 radical (unpaired) electrons. The molecule has 0 spiro atoms. The predicted molar refractivity (Wildman–Crippen MR) is 97.9 cm³/mol. The third-order valence-corrected chi connectivity index (χ3v) is 3.99. The summed E-state index contributed by atoms with van der Waals surface area (Å²) in [5.41, 5.74) is 2.92. The molecule has 4 aromatic rings. The molecule has 27 heavy (non-hydrogen) atoms. The van der Waals surface area contributed by atoms with E-state index in [0.29, 0.717) is 35.3 Å². The zero-order valence-electron chi connectivity index (χ0n) is 14.7. The van der Waals surface area contributed by atoms with Gasteiger partial charge in [-0.15, -0.1) is 0 Å². The van der Waals surface area contributed by atoms with E-state index < -0.39 is 0 Å². The molecule has 0 aliphatic heterocycles. The first-order valence-electron chi connectivity index (χ1n) is 8.63. The Morgan fingerprint density at radius 3 is 2.78 bits per heavy atom. The van der Waals surface area contributed by atoms with Gasteiger partial charge in [0.15, 0.2) is 11.5 Å². The molecule has 3 aromatic heterocycles. The molecule has 0 saturated heterocycles. The molecule has 1 N–H and O–H groups in total. The van der Waals surface area contributed by atoms with Crippen molar-refractivity contribution in [2.24, 2.45) is 0 Å². The summed E-state index contributed by atoms with van der Waals surface area (Å²) in [6.07, 6.45) is 4.63. The zero-order chi connectivity index (χ0) is 18.6. The van der Waals surface area contributed by atoms with E-state index in [9.17, 15) is 4.79 Å². The van der Waals surface area contributed by atoms with Gasteiger partial charge < -0.3 is 14.3 Å². The van der Waals surface area contributed by atoms with Crippen molar-refractivity contribution in [1.82, 2.24) is 20.1 Å². The maximum atomic E-state index is 12.2. The van der Waals surface area contributed by atoms with Crippen LogP contribution in [0, 0.1) is 0 Å². The third-order valence-electron chi connectivity index (χ3n) is 3.99. The van der Waals surface area contributed by atoms with Crippen LogP contribution in [0.3, 0.4) is 0 Å². The zero-order valence-corrected chi connectivity index (χ0v) is 14.7. The van der Waals surface area contributed by atoms with Gasteiger partial charge in [-0.3, -0.25) is 9.78 Å². The van der Waals surface area contributed by atoms with Gasteiger partial charge in [0, 0.05) is 42.9 Å². The van der Waals surface area contributed by atoms with Crippen LogP contribution in [0.1, 0.15) is 25.1 Å². The molecule has 0 aliphatic carbocycles. The number of nitrogens with zero attached hydrogens (tertiary/aromatic N) is 4. The summed E-state index contributed by atoms with van der Waals surface area (Å²) in [5.74, 6) is 1.43. The molecule has 1 aromatic carbocycles. The van der Waals surface area contributed by atoms with Crippen LogP contribution >= 0.6 is 0 Å². The molecule has 0 aliphatic rings. The van der Waals surface area contributed by atoms with Crippen LogP contribution < -0.4 is 5.32 Å². The van der Waals surface area contributed by atoms with Crippen molar-refractivity contribution in [3.8, 4) is 11.4 Å². The fourth-order valence-corrected chi connectivity index (χ4v) is 2.62. The number of benzene rings is 1. The minimum atomic E-state index is -0.141. The normalized spacial score (nSPS) is 11.0. The second-order valence-corrected chi connectivity index (χ2v) is 5.94. The number of anilines is 1. The number of carbonyl (C=O) groups is 1. The Hall–Kier alpha value is -3.55. The maximum absolute atomic E-state index is 12.2. The monoisotopic (exact) mass is 363 g/mol. The van der Waals surface area contributed by atoms with Crippen molar-refractivity contribution < 1.29 is 13.7 Å². The van der Waals surface area contributed by atoms with Crippen LogP contribution in [-0.4, -0.2) is 26.0 Å². The number of hydrogen-bond donors (Lipinski definition) is 1. The summed E-state index contributed by atoms with van der Waals surface area (Å²) in [5, 5.41) is 6.78. The molecule has 0 unspecified atom stereocenters. The third kappa shape index (κ3) is 3.84. The van der Waals surface area contributed by atoms with Gasteiger partial charge in [0.05, 0.1) is 0 Å². The lowest BCUT2D eigenvalue weighted by Gasteiger charge is -2.03. The standard InChI is InChI=1S/C19H17N5O3/c1-2-17-22-14-11-13(3-4-15(14)26-17)21-16(25)5-6-18-23-19(24-27-18)12-7-9-20-10-8-12/h3-4,7-11H,2,5-6H2,1H3,(H,21,25). The summed E-state index contributed by atoms with van der Waals surface area (Å²) < 4.78 is 10.8. The van der Waals surface area contributed by atoms with Crippen molar-refractivity contribution in [2.45, 2.75) is 26.2 Å². The number of nitrogens with one attached hydrogen (secondary N) is 1. The number of aromatic nitrogens is 4. The van der Waals surface area contributed by atoms with Crippen LogP contribution in [0.2, 0.25) is 0 Å². The maximum Gasteiger partial charge on any atom is 0.227 e. The smallest absolute Gasteiger partial charge is 0.227 e. The quantitative estimate of drug-likeness (QED) is 0.559. The first-order chi connectivity index (χ1) is 13.2. The van der Waals surface area contributed by atoms with Crippen molar-refractivity contribution in [2.75, 3.05) is 5.32 Å². The largest absolute Gasteiger partial charge is 0.441 e. The molecule has 1 amide bonds. The van der Waals surface area contributed by atoms with E-state index >= 15 is 0 Å². The van der Waals surface area contributed by atoms with E-state index in [1.54, 1.807) is 42.7 Å². The van der Waals surface area contributed by atoms with Crippen molar-refractivity contribution in [1.29, 1.82) is 0 Å². The van der Waals surface area contributed by atoms with Crippen molar-refractivity contribution >= 4 is 22.7 Å². The number of pyridine rings is 1. The first-order valence-corrected chi connectivity index (χ1v) is 8.63. The van der Waals surface area contributed by atoms with Gasteiger partial charge in [0.25, 0.3) is 0 Å². The summed E-state index contributed by atoms with van der Waals surface area (Å²) >= 11 is 0. The molecule has 8 heteroatoms. The highest BCUT2D eigenvalue weighted by molar-refractivity contribution is 5.92. The average molecular weight is 363 g/mol. The molecular weight excluding hydrogens is 346 g/mol. The highest BCUT2D eigenvalue weighted by Gasteiger charge is 2.12. The fourth-order valence-electron chi connectivity index (χ4n) is 2.62. The minimum absolute atomic E-state index is 0.141. The Morgan fingerprint density at radius 1 is 1.11 bits per heavy atom. The van der Waals surface area contributed by atoms with E-state index in [1.165, 1.54) is 0 Å². The molecular formula is C19H17N5O3. The molecule has 0 fully saturated rings. The van der Waals surface area contributed by atoms with Crippen LogP contribution in [0.25, 0.3) is 22.5 Å². The van der Waals surface area contributed by atoms with Gasteiger partial charge in [0.1, 0.15) is 5.52 Å². The summed E-state index contributed by atoms with van der Waals surface area (Å²) in [7, 11) is 0. The Bertz CT molecular complexity index is 1070. The number of rotatable bonds is 6. The second-order valence-electron chi connectivity index (χ2n) is 5.94. The molecule has 3 heterocycles. The number of amides is 1. The van der Waals surface area contributed by atoms with E-state index in [4.69, 9.17) is 8.94 Å². The molecule has 0 saturated carbocycles. The lowest BCUT2D eigenvalue weighted by atomic mass is 10.2. The van der Waals surface area contributed by atoms with Gasteiger partial charge in [-0.05, 0) is 30.3 Å². The highest BCUT2D eigenvalue weighted by atomic mass is 16.5. The number of oxazole rings is 1. The Kier molecular flexibility index (Phi) is 4.61. The van der Waals surface area contributed by atoms with Crippen LogP contribution in [-0.2, 0) is 17.6 Å². The van der Waals surface area contributed by atoms with Crippen LogP contribution in [0.15, 0.2) is 51.7 Å². The van der Waals surface area contributed by atoms with E-state index in [0.717, 1.165) is 17.5 Å². The number of aryl methyl sites for hydroxylation is 2. The minimum Gasteiger partial charge on any atom is -0.441 e. The van der Waals surface area contributed by atoms with Gasteiger partial charge >= 0.3 is 0 Å². The Labute approximate surface area is 154 Å². The molecule has 0 bridgehead atoms. The molecule has 8 nitrogen and oxygen atoms in total. The highest BCUT2D eigenvalue weighted by Crippen LogP contribution is 2.20. The van der Waals surface area contributed by atoms with Gasteiger partial charge in [-0.1, -0.05) is 12.1 Å². The first kappa shape index (κ1) is 16.9. The van der Waals surface area contributed by atoms with Crippen LogP contribution in [0.5, 0.6) is 0 Å². The topological polar surface area (TPSA) is 107 Å². The van der Waals surface area contributed by atoms with Gasteiger partial charge in [-0.25, -0.2) is 4.98 Å². The summed E-state index contributed by atoms with van der Waals surface area (Å²) in [6, 6.07) is 8.98. The Morgan fingerprint density at radius 2 is 1.96 bits per heavy atom. The van der Waals surface area contributed by atoms with E-state index in [1.807, 2.05) is 6.92 Å². The Balaban J connectivity index is 1.36. The molecule has 4 rings (SSSR count). The number of fused-ring (bicyclic) bond motifs is 1. The second kappa shape index (κ2) is 7.36. The van der Waals surface area contributed by atoms with E-state index in [2.05, 4.69) is 25.4 Å². The predicted octanol–water partition coefficient (Wildman–Crippen LogP) is 3.41. The SMILES string of the molecule is CCc1nc2cc(NC(=O)CCc3nc(-c4ccncc4)no3)ccc2o1. The van der Waals surface area contributed by atoms with Gasteiger partial charge in [0.2, 0.25) is 17.6 Å². The summed E-state index contributed by atoms with van der Waals surface area (Å²) in [4.78, 5) is 24.8. The molecule has 0 atom stereocenters. The number of carbonyl (C=O) groups excluding carboxylic acids is 1. The lowest BCUT2D eigenvalue weighted by Crippen LogP contribution is -2.12. The van der Waals surface area contributed by atoms with Crippen molar-refractivity contribution in [3.05, 3.63) is 54.5 Å². The fraction of sp³-hybridized carbons (Fsp3) is 0.211. The number of hydrogen-bond acceptors (Lipinski definition) is 7. The van der Waals surface area contributed by atoms with E-state index in [-0.39, 0.29) is 12.3 Å². The summed E-state index contributed by atoms with van der Waals surface area (Å²) in [6.45, 7) is 1.98. The molecule has 136 valence electrons. The average Bonchev–Trinajstić information content (AvgIpc) is 3.33. The van der Waals surface area contributed by atoms with Crippen molar-refractivity contribution in [3.63, 3.8) is 0 Å². The van der Waals surface area contributed by atoms with Crippen LogP contribution in [0.4, 0.5) is 5.69 Å². The lowest BCUT2D eigenvalue weighted by molar-refractivity contribution is -0.116. The van der Waals surface area contributed by atoms with Gasteiger partial charge in [-0.2, -0.15) is 4.98 Å².